The first-order valence-electron chi connectivity index (χ1n) is 5.94. The Labute approximate surface area is 96.4 Å². The molecule has 0 amide bonds. The third-order valence-electron chi connectivity index (χ3n) is 3.09. The van der Waals surface area contributed by atoms with Crippen molar-refractivity contribution in [3.05, 3.63) is 47.8 Å². The van der Waals surface area contributed by atoms with Crippen molar-refractivity contribution < 1.29 is 4.39 Å². The number of hydrogen-bond donors (Lipinski definition) is 1. The van der Waals surface area contributed by atoms with Crippen LogP contribution < -0.4 is 5.32 Å². The maximum Gasteiger partial charge on any atom is 0.123 e. The van der Waals surface area contributed by atoms with E-state index < -0.39 is 0 Å². The number of nitrogens with one attached hydrogen (secondary N) is 1. The van der Waals surface area contributed by atoms with Crippen molar-refractivity contribution >= 4 is 0 Å². The normalized spacial score (nSPS) is 22.0. The molecule has 2 heteroatoms. The van der Waals surface area contributed by atoms with E-state index in [-0.39, 0.29) is 11.9 Å². The van der Waals surface area contributed by atoms with Crippen LogP contribution in [0.3, 0.4) is 0 Å². The molecule has 2 rings (SSSR count). The van der Waals surface area contributed by atoms with Crippen molar-refractivity contribution in [2.45, 2.75) is 38.3 Å². The van der Waals surface area contributed by atoms with Gasteiger partial charge in [0, 0.05) is 12.1 Å². The predicted octanol–water partition coefficient (Wildman–Crippen LogP) is 3.59. The Kier molecular flexibility index (Phi) is 3.73. The maximum atomic E-state index is 12.8. The SMILES string of the molecule is C[C@@H](NC1C=CCCC1)c1ccc(F)cc1. The van der Waals surface area contributed by atoms with E-state index in [0.717, 1.165) is 5.56 Å². The molecule has 1 unspecified atom stereocenters. The van der Waals surface area contributed by atoms with Crippen LogP contribution in [-0.4, -0.2) is 6.04 Å². The Hall–Kier alpha value is -1.15. The quantitative estimate of drug-likeness (QED) is 0.766. The molecule has 0 saturated heterocycles. The van der Waals surface area contributed by atoms with E-state index >= 15 is 0 Å². The first-order valence-corrected chi connectivity index (χ1v) is 5.94. The van der Waals surface area contributed by atoms with Crippen LogP contribution >= 0.6 is 0 Å². The first kappa shape index (κ1) is 11.3. The Morgan fingerprint density at radius 1 is 1.31 bits per heavy atom. The van der Waals surface area contributed by atoms with E-state index in [0.29, 0.717) is 6.04 Å². The highest BCUT2D eigenvalue weighted by atomic mass is 19.1. The van der Waals surface area contributed by atoms with Gasteiger partial charge in [-0.05, 0) is 43.9 Å². The molecule has 0 aromatic heterocycles. The van der Waals surface area contributed by atoms with Crippen LogP contribution in [0, 0.1) is 5.82 Å². The van der Waals surface area contributed by atoms with Gasteiger partial charge in [-0.2, -0.15) is 0 Å². The van der Waals surface area contributed by atoms with Gasteiger partial charge in [-0.1, -0.05) is 24.3 Å². The highest BCUT2D eigenvalue weighted by Crippen LogP contribution is 2.17. The fourth-order valence-electron chi connectivity index (χ4n) is 2.12. The summed E-state index contributed by atoms with van der Waals surface area (Å²) in [5, 5.41) is 3.55. The van der Waals surface area contributed by atoms with Gasteiger partial charge in [0.25, 0.3) is 0 Å². The van der Waals surface area contributed by atoms with E-state index in [1.807, 2.05) is 12.1 Å². The molecule has 86 valence electrons. The molecular weight excluding hydrogens is 201 g/mol. The summed E-state index contributed by atoms with van der Waals surface area (Å²) in [4.78, 5) is 0. The third-order valence-corrected chi connectivity index (χ3v) is 3.09. The number of halogens is 1. The molecule has 1 nitrogen and oxygen atoms in total. The van der Waals surface area contributed by atoms with Crippen LogP contribution in [0.2, 0.25) is 0 Å². The van der Waals surface area contributed by atoms with E-state index in [1.165, 1.54) is 31.4 Å². The molecule has 0 bridgehead atoms. The van der Waals surface area contributed by atoms with E-state index in [4.69, 9.17) is 0 Å². The second kappa shape index (κ2) is 5.26. The molecule has 1 aromatic rings. The lowest BCUT2D eigenvalue weighted by Crippen LogP contribution is -2.30. The zero-order valence-corrected chi connectivity index (χ0v) is 9.62. The molecule has 1 aromatic carbocycles. The minimum atomic E-state index is -0.173. The van der Waals surface area contributed by atoms with Crippen molar-refractivity contribution in [2.75, 3.05) is 0 Å². The lowest BCUT2D eigenvalue weighted by atomic mass is 10.0. The van der Waals surface area contributed by atoms with Gasteiger partial charge < -0.3 is 5.32 Å². The second-order valence-electron chi connectivity index (χ2n) is 4.41. The number of allylic oxidation sites excluding steroid dienone is 1. The lowest BCUT2D eigenvalue weighted by molar-refractivity contribution is 0.467. The number of rotatable bonds is 3. The highest BCUT2D eigenvalue weighted by Gasteiger charge is 2.12. The summed E-state index contributed by atoms with van der Waals surface area (Å²) in [5.74, 6) is -0.173. The molecule has 0 saturated carbocycles. The molecule has 1 N–H and O–H groups in total. The van der Waals surface area contributed by atoms with Crippen LogP contribution in [0.4, 0.5) is 4.39 Å². The summed E-state index contributed by atoms with van der Waals surface area (Å²) >= 11 is 0. The standard InChI is InChI=1S/C14H18FN/c1-11(12-7-9-13(15)10-8-12)16-14-5-3-2-4-6-14/h3,5,7-11,14,16H,2,4,6H2,1H3/t11-,14?/m1/s1. The smallest absolute Gasteiger partial charge is 0.123 e. The Bertz CT molecular complexity index is 356. The van der Waals surface area contributed by atoms with E-state index in [2.05, 4.69) is 24.4 Å². The zero-order chi connectivity index (χ0) is 11.4. The molecular formula is C14H18FN. The number of hydrogen-bond acceptors (Lipinski definition) is 1. The van der Waals surface area contributed by atoms with Gasteiger partial charge in [-0.15, -0.1) is 0 Å². The van der Waals surface area contributed by atoms with Crippen molar-refractivity contribution in [2.24, 2.45) is 0 Å². The summed E-state index contributed by atoms with van der Waals surface area (Å²) in [5.41, 5.74) is 1.14. The Morgan fingerprint density at radius 2 is 2.06 bits per heavy atom. The van der Waals surface area contributed by atoms with Crippen molar-refractivity contribution in [3.63, 3.8) is 0 Å². The largest absolute Gasteiger partial charge is 0.304 e. The van der Waals surface area contributed by atoms with Crippen molar-refractivity contribution in [3.8, 4) is 0 Å². The molecule has 0 spiro atoms. The average Bonchev–Trinajstić information content (AvgIpc) is 2.31. The fraction of sp³-hybridized carbons (Fsp3) is 0.429. The molecule has 16 heavy (non-hydrogen) atoms. The van der Waals surface area contributed by atoms with E-state index in [9.17, 15) is 4.39 Å². The van der Waals surface area contributed by atoms with Gasteiger partial charge >= 0.3 is 0 Å². The van der Waals surface area contributed by atoms with Crippen molar-refractivity contribution in [1.82, 2.24) is 5.32 Å². The highest BCUT2D eigenvalue weighted by molar-refractivity contribution is 5.19. The summed E-state index contributed by atoms with van der Waals surface area (Å²) in [6.07, 6.45) is 8.12. The van der Waals surface area contributed by atoms with Gasteiger partial charge in [0.15, 0.2) is 0 Å². The van der Waals surface area contributed by atoms with Crippen LogP contribution in [0.15, 0.2) is 36.4 Å². The minimum absolute atomic E-state index is 0.173. The maximum absolute atomic E-state index is 12.8. The van der Waals surface area contributed by atoms with Gasteiger partial charge in [0.2, 0.25) is 0 Å². The first-order chi connectivity index (χ1) is 7.75. The molecule has 1 aliphatic rings. The summed E-state index contributed by atoms with van der Waals surface area (Å²) in [6, 6.07) is 7.47. The third kappa shape index (κ3) is 2.92. The molecule has 0 aliphatic heterocycles. The van der Waals surface area contributed by atoms with Crippen LogP contribution in [0.1, 0.15) is 37.8 Å². The van der Waals surface area contributed by atoms with Gasteiger partial charge in [0.05, 0.1) is 0 Å². The topological polar surface area (TPSA) is 12.0 Å². The summed E-state index contributed by atoms with van der Waals surface area (Å²) < 4.78 is 12.8. The van der Waals surface area contributed by atoms with Crippen LogP contribution in [-0.2, 0) is 0 Å². The summed E-state index contributed by atoms with van der Waals surface area (Å²) in [6.45, 7) is 2.12. The fourth-order valence-corrected chi connectivity index (χ4v) is 2.12. The molecule has 2 atom stereocenters. The zero-order valence-electron chi connectivity index (χ0n) is 9.62. The predicted molar refractivity (Wildman–Crippen MR) is 64.7 cm³/mol. The average molecular weight is 219 g/mol. The Balaban J connectivity index is 1.96. The van der Waals surface area contributed by atoms with Crippen LogP contribution in [0.5, 0.6) is 0 Å². The van der Waals surface area contributed by atoms with E-state index in [1.54, 1.807) is 0 Å². The second-order valence-corrected chi connectivity index (χ2v) is 4.41. The summed E-state index contributed by atoms with van der Waals surface area (Å²) in [7, 11) is 0. The lowest BCUT2D eigenvalue weighted by Gasteiger charge is -2.23. The van der Waals surface area contributed by atoms with Crippen molar-refractivity contribution in [1.29, 1.82) is 0 Å². The van der Waals surface area contributed by atoms with Gasteiger partial charge in [-0.25, -0.2) is 4.39 Å². The monoisotopic (exact) mass is 219 g/mol. The molecule has 1 aliphatic carbocycles. The molecule has 0 fully saturated rings. The minimum Gasteiger partial charge on any atom is -0.304 e. The molecule has 0 heterocycles. The Morgan fingerprint density at radius 3 is 2.69 bits per heavy atom. The van der Waals surface area contributed by atoms with Gasteiger partial charge in [0.1, 0.15) is 5.82 Å². The molecule has 0 radical (unpaired) electrons. The number of benzene rings is 1. The van der Waals surface area contributed by atoms with Gasteiger partial charge in [-0.3, -0.25) is 0 Å². The van der Waals surface area contributed by atoms with Crippen LogP contribution in [0.25, 0.3) is 0 Å².